The molecule has 208 valence electrons. The molecular weight excluding hydrogens is 528 g/mol. The molecule has 0 bridgehead atoms. The number of amides is 1. The lowest BCUT2D eigenvalue weighted by Crippen LogP contribution is -2.25. The number of benzene rings is 2. The van der Waals surface area contributed by atoms with Crippen LogP contribution in [0.4, 0.5) is 17.3 Å². The highest BCUT2D eigenvalue weighted by Crippen LogP contribution is 2.38. The normalized spacial score (nSPS) is 12.2. The van der Waals surface area contributed by atoms with Crippen LogP contribution in [0.3, 0.4) is 0 Å². The molecule has 8 nitrogen and oxygen atoms in total. The third-order valence-electron chi connectivity index (χ3n) is 6.65. The van der Waals surface area contributed by atoms with Crippen molar-refractivity contribution in [1.82, 2.24) is 9.97 Å². The minimum Gasteiger partial charge on any atom is -0.493 e. The van der Waals surface area contributed by atoms with Crippen LogP contribution < -0.4 is 14.5 Å². The number of halogens is 1. The Kier molecular flexibility index (Phi) is 9.22. The van der Waals surface area contributed by atoms with E-state index in [-0.39, 0.29) is 18.3 Å². The monoisotopic (exact) mass is 560 g/mol. The average Bonchev–Trinajstić information content (AvgIpc) is 3.07. The summed E-state index contributed by atoms with van der Waals surface area (Å²) in [7, 11) is 3.11. The molecule has 0 saturated carbocycles. The summed E-state index contributed by atoms with van der Waals surface area (Å²) in [6, 6.07) is 16.9. The van der Waals surface area contributed by atoms with Gasteiger partial charge in [0.2, 0.25) is 0 Å². The van der Waals surface area contributed by atoms with Gasteiger partial charge in [-0.1, -0.05) is 55.8 Å². The van der Waals surface area contributed by atoms with E-state index in [4.69, 9.17) is 21.1 Å². The Morgan fingerprint density at radius 3 is 2.50 bits per heavy atom. The summed E-state index contributed by atoms with van der Waals surface area (Å²) in [5.74, 6) is 1.42. The maximum atomic E-state index is 13.4. The molecule has 2 aromatic heterocycles. The van der Waals surface area contributed by atoms with Crippen molar-refractivity contribution < 1.29 is 19.1 Å². The quantitative estimate of drug-likeness (QED) is 0.191. The molecule has 4 aromatic rings. The van der Waals surface area contributed by atoms with Crippen LogP contribution in [-0.2, 0) is 22.4 Å². The van der Waals surface area contributed by atoms with E-state index in [1.165, 1.54) is 7.11 Å². The Hall–Kier alpha value is -4.17. The third-order valence-corrected chi connectivity index (χ3v) is 6.86. The molecule has 0 N–H and O–H groups in total. The molecule has 5 rings (SSSR count). The van der Waals surface area contributed by atoms with Crippen molar-refractivity contribution in [3.05, 3.63) is 82.6 Å². The van der Waals surface area contributed by atoms with Crippen LogP contribution in [0.5, 0.6) is 5.75 Å². The van der Waals surface area contributed by atoms with Gasteiger partial charge in [-0.05, 0) is 47.7 Å². The van der Waals surface area contributed by atoms with Crippen molar-refractivity contribution in [2.45, 2.75) is 33.6 Å². The van der Waals surface area contributed by atoms with Crippen LogP contribution in [0.2, 0.25) is 5.15 Å². The summed E-state index contributed by atoms with van der Waals surface area (Å²) in [5, 5.41) is 2.23. The number of nitrogens with zero attached hydrogens (tertiary/aromatic N) is 4. The highest BCUT2D eigenvalue weighted by molar-refractivity contribution is 6.29. The fourth-order valence-electron chi connectivity index (χ4n) is 4.70. The van der Waals surface area contributed by atoms with E-state index in [9.17, 15) is 9.59 Å². The topological polar surface area (TPSA) is 84.9 Å². The van der Waals surface area contributed by atoms with Gasteiger partial charge >= 0.3 is 5.97 Å². The molecule has 1 aliphatic rings. The zero-order chi connectivity index (χ0) is 28.8. The number of anilines is 3. The second-order valence-electron chi connectivity index (χ2n) is 8.92. The highest BCUT2D eigenvalue weighted by Gasteiger charge is 2.31. The van der Waals surface area contributed by atoms with Crippen molar-refractivity contribution in [3.8, 4) is 5.75 Å². The van der Waals surface area contributed by atoms with E-state index in [0.717, 1.165) is 27.6 Å². The molecule has 9 heteroatoms. The maximum Gasteiger partial charge on any atom is 0.309 e. The lowest BCUT2D eigenvalue weighted by Gasteiger charge is -2.23. The number of carbonyl (C=O) groups is 2. The fraction of sp³-hybridized carbons (Fsp3) is 0.290. The number of esters is 1. The Morgan fingerprint density at radius 1 is 1.02 bits per heavy atom. The van der Waals surface area contributed by atoms with Crippen LogP contribution in [-0.4, -0.2) is 49.2 Å². The molecule has 0 radical (unpaired) electrons. The zero-order valence-electron chi connectivity index (χ0n) is 23.4. The first-order valence-corrected chi connectivity index (χ1v) is 13.7. The van der Waals surface area contributed by atoms with E-state index >= 15 is 0 Å². The van der Waals surface area contributed by atoms with Crippen molar-refractivity contribution in [1.29, 1.82) is 0 Å². The summed E-state index contributed by atoms with van der Waals surface area (Å²) >= 11 is 6.17. The highest BCUT2D eigenvalue weighted by atomic mass is 35.5. The van der Waals surface area contributed by atoms with Crippen LogP contribution in [0, 0.1) is 0 Å². The Balaban J connectivity index is 0.00000181. The fourth-order valence-corrected chi connectivity index (χ4v) is 4.84. The van der Waals surface area contributed by atoms with Crippen molar-refractivity contribution in [2.75, 3.05) is 37.1 Å². The van der Waals surface area contributed by atoms with Crippen molar-refractivity contribution >= 4 is 51.6 Å². The standard InChI is InChI=1S/C29H27ClN4O4.C2H6/c1-4-34-27-22(29(36)33(2)23-10-12-25(30)32-28(23)34)15-18(17-31-27)13-14-38-24-11-9-19(16-26(35)37-3)20-7-5-6-8-21(20)24;1-2/h5-12,15,17H,4,13-14,16H2,1-3H3;1-2H3. The van der Waals surface area contributed by atoms with Gasteiger partial charge < -0.3 is 19.3 Å². The van der Waals surface area contributed by atoms with E-state index in [1.807, 2.05) is 68.1 Å². The predicted molar refractivity (Wildman–Crippen MR) is 159 cm³/mol. The summed E-state index contributed by atoms with van der Waals surface area (Å²) < 4.78 is 11.0. The Morgan fingerprint density at radius 2 is 1.77 bits per heavy atom. The second kappa shape index (κ2) is 12.8. The van der Waals surface area contributed by atoms with Gasteiger partial charge in [0, 0.05) is 31.6 Å². The number of rotatable bonds is 7. The van der Waals surface area contributed by atoms with Gasteiger partial charge in [-0.2, -0.15) is 0 Å². The number of ether oxygens (including phenoxy) is 2. The number of methoxy groups -OCH3 is 1. The first-order chi connectivity index (χ1) is 19.4. The zero-order valence-corrected chi connectivity index (χ0v) is 24.2. The van der Waals surface area contributed by atoms with Crippen molar-refractivity contribution in [3.63, 3.8) is 0 Å². The van der Waals surface area contributed by atoms with E-state index in [1.54, 1.807) is 30.3 Å². The molecule has 0 saturated heterocycles. The molecule has 0 atom stereocenters. The number of hydrogen-bond acceptors (Lipinski definition) is 7. The van der Waals surface area contributed by atoms with Gasteiger partial charge in [-0.25, -0.2) is 9.97 Å². The van der Waals surface area contributed by atoms with Crippen molar-refractivity contribution in [2.24, 2.45) is 0 Å². The number of carbonyl (C=O) groups excluding carboxylic acids is 2. The summed E-state index contributed by atoms with van der Waals surface area (Å²) in [4.78, 5) is 37.9. The lowest BCUT2D eigenvalue weighted by atomic mass is 10.0. The van der Waals surface area contributed by atoms with Gasteiger partial charge in [0.05, 0.1) is 31.4 Å². The Bertz CT molecular complexity index is 1540. The summed E-state index contributed by atoms with van der Waals surface area (Å²) in [6.07, 6.45) is 2.52. The van der Waals surface area contributed by atoms with Gasteiger partial charge in [0.25, 0.3) is 5.91 Å². The molecule has 1 amide bonds. The first-order valence-electron chi connectivity index (χ1n) is 13.3. The molecule has 0 aliphatic carbocycles. The SMILES string of the molecule is CC.CCN1c2ncc(CCOc3ccc(CC(=O)OC)c4ccccc34)cc2C(=O)N(C)c2ccc(Cl)nc21. The second-order valence-corrected chi connectivity index (χ2v) is 9.31. The molecule has 2 aromatic carbocycles. The smallest absolute Gasteiger partial charge is 0.309 e. The molecule has 0 fully saturated rings. The Labute approximate surface area is 239 Å². The molecular formula is C31H33ClN4O4. The molecule has 40 heavy (non-hydrogen) atoms. The van der Waals surface area contributed by atoms with Crippen LogP contribution in [0.25, 0.3) is 10.8 Å². The summed E-state index contributed by atoms with van der Waals surface area (Å²) in [6.45, 7) is 6.94. The molecule has 1 aliphatic heterocycles. The molecule has 0 spiro atoms. The van der Waals surface area contributed by atoms with Gasteiger partial charge in [-0.3, -0.25) is 9.59 Å². The predicted octanol–water partition coefficient (Wildman–Crippen LogP) is 6.39. The molecule has 3 heterocycles. The molecule has 0 unspecified atom stereocenters. The van der Waals surface area contributed by atoms with Gasteiger partial charge in [0.15, 0.2) is 5.82 Å². The maximum absolute atomic E-state index is 13.4. The minimum atomic E-state index is -0.289. The number of aromatic nitrogens is 2. The van der Waals surface area contributed by atoms with Gasteiger partial charge in [0.1, 0.15) is 16.7 Å². The summed E-state index contributed by atoms with van der Waals surface area (Å²) in [5.41, 5.74) is 2.94. The third kappa shape index (κ3) is 5.72. The number of pyridine rings is 2. The first kappa shape index (κ1) is 28.8. The van der Waals surface area contributed by atoms with E-state index in [0.29, 0.717) is 47.6 Å². The van der Waals surface area contributed by atoms with Crippen LogP contribution in [0.15, 0.2) is 60.8 Å². The van der Waals surface area contributed by atoms with Crippen LogP contribution >= 0.6 is 11.6 Å². The average molecular weight is 561 g/mol. The number of hydrogen-bond donors (Lipinski definition) is 0. The number of fused-ring (bicyclic) bond motifs is 3. The lowest BCUT2D eigenvalue weighted by molar-refractivity contribution is -0.139. The van der Waals surface area contributed by atoms with E-state index < -0.39 is 0 Å². The van der Waals surface area contributed by atoms with E-state index in [2.05, 4.69) is 9.97 Å². The largest absolute Gasteiger partial charge is 0.493 e. The van der Waals surface area contributed by atoms with Gasteiger partial charge in [-0.15, -0.1) is 0 Å². The minimum absolute atomic E-state index is 0.163. The van der Waals surface area contributed by atoms with Crippen LogP contribution in [0.1, 0.15) is 42.3 Å².